The second-order valence-corrected chi connectivity index (χ2v) is 8.10. The minimum Gasteiger partial charge on any atom is -0.492 e. The Morgan fingerprint density at radius 1 is 1.29 bits per heavy atom. The highest BCUT2D eigenvalue weighted by Gasteiger charge is 2.23. The number of amidine groups is 1. The molecule has 0 bridgehead atoms. The van der Waals surface area contributed by atoms with Gasteiger partial charge in [0.05, 0.1) is 12.2 Å². The van der Waals surface area contributed by atoms with Crippen LogP contribution in [0.4, 0.5) is 0 Å². The van der Waals surface area contributed by atoms with E-state index in [1.165, 1.54) is 11.8 Å². The number of hydrogen-bond acceptors (Lipinski definition) is 5. The van der Waals surface area contributed by atoms with E-state index in [2.05, 4.69) is 6.58 Å². The monoisotopic (exact) mass is 434 g/mol. The lowest BCUT2D eigenvalue weighted by Crippen LogP contribution is -2.12. The maximum Gasteiger partial charge on any atom is 0.163 e. The Morgan fingerprint density at radius 2 is 2.06 bits per heavy atom. The zero-order chi connectivity index (χ0) is 22.4. The topological polar surface area (TPSA) is 85.4 Å². The van der Waals surface area contributed by atoms with E-state index in [1.54, 1.807) is 19.1 Å². The molecule has 5 nitrogen and oxygen atoms in total. The lowest BCUT2D eigenvalue weighted by Gasteiger charge is -2.13. The predicted octanol–water partition coefficient (Wildman–Crippen LogP) is 5.30. The molecule has 0 atom stereocenters. The molecule has 1 heterocycles. The molecule has 31 heavy (non-hydrogen) atoms. The van der Waals surface area contributed by atoms with E-state index in [0.29, 0.717) is 30.1 Å². The summed E-state index contributed by atoms with van der Waals surface area (Å²) in [6.07, 6.45) is 6.50. The third kappa shape index (κ3) is 5.27. The first-order valence-corrected chi connectivity index (χ1v) is 10.8. The van der Waals surface area contributed by atoms with Crippen LogP contribution >= 0.6 is 11.8 Å². The van der Waals surface area contributed by atoms with Gasteiger partial charge in [-0.05, 0) is 43.7 Å². The lowest BCUT2D eigenvalue weighted by molar-refractivity contribution is 0.101. The molecule has 1 aliphatic rings. The summed E-state index contributed by atoms with van der Waals surface area (Å²) in [5, 5.41) is 7.78. The van der Waals surface area contributed by atoms with Gasteiger partial charge >= 0.3 is 0 Å². The van der Waals surface area contributed by atoms with Crippen molar-refractivity contribution in [2.75, 3.05) is 13.2 Å². The van der Waals surface area contributed by atoms with Gasteiger partial charge in [-0.25, -0.2) is 0 Å². The fourth-order valence-electron chi connectivity index (χ4n) is 3.27. The average Bonchev–Trinajstić information content (AvgIpc) is 3.25. The van der Waals surface area contributed by atoms with Gasteiger partial charge in [0.15, 0.2) is 5.78 Å². The minimum atomic E-state index is -0.0136. The molecule has 2 aromatic carbocycles. The third-order valence-electron chi connectivity index (χ3n) is 4.89. The normalized spacial score (nSPS) is 13.4. The number of nitrogen functional groups attached to an aromatic ring is 1. The van der Waals surface area contributed by atoms with Crippen molar-refractivity contribution in [1.82, 2.24) is 0 Å². The molecular weight excluding hydrogens is 408 g/mol. The van der Waals surface area contributed by atoms with Gasteiger partial charge in [0, 0.05) is 27.3 Å². The maximum atomic E-state index is 11.8. The van der Waals surface area contributed by atoms with Crippen molar-refractivity contribution in [3.63, 3.8) is 0 Å². The summed E-state index contributed by atoms with van der Waals surface area (Å²) in [7, 11) is 0. The largest absolute Gasteiger partial charge is 0.492 e. The van der Waals surface area contributed by atoms with Crippen LogP contribution < -0.4 is 15.2 Å². The van der Waals surface area contributed by atoms with Gasteiger partial charge < -0.3 is 15.2 Å². The van der Waals surface area contributed by atoms with Gasteiger partial charge in [-0.3, -0.25) is 10.2 Å². The molecule has 0 aromatic heterocycles. The summed E-state index contributed by atoms with van der Waals surface area (Å²) in [5.74, 6) is 1.40. The third-order valence-corrected chi connectivity index (χ3v) is 5.99. The number of carbonyl (C=O) groups is 1. The van der Waals surface area contributed by atoms with Gasteiger partial charge in [-0.15, -0.1) is 0 Å². The number of carbonyl (C=O) groups excluding carboxylic acids is 1. The number of hydrogen-bond donors (Lipinski definition) is 2. The highest BCUT2D eigenvalue weighted by molar-refractivity contribution is 8.03. The van der Waals surface area contributed by atoms with E-state index < -0.39 is 0 Å². The molecule has 160 valence electrons. The second kappa shape index (κ2) is 10.2. The molecule has 0 fully saturated rings. The van der Waals surface area contributed by atoms with E-state index in [0.717, 1.165) is 33.1 Å². The minimum absolute atomic E-state index is 0.0136. The highest BCUT2D eigenvalue weighted by atomic mass is 32.2. The van der Waals surface area contributed by atoms with Gasteiger partial charge in [-0.2, -0.15) is 0 Å². The van der Waals surface area contributed by atoms with Crippen molar-refractivity contribution >= 4 is 23.4 Å². The zero-order valence-electron chi connectivity index (χ0n) is 17.7. The summed E-state index contributed by atoms with van der Waals surface area (Å²) in [6, 6.07) is 11.2. The summed E-state index contributed by atoms with van der Waals surface area (Å²) in [6.45, 7) is 8.34. The van der Waals surface area contributed by atoms with Crippen molar-refractivity contribution < 1.29 is 14.3 Å². The fourth-order valence-corrected chi connectivity index (χ4v) is 4.25. The molecule has 0 radical (unpaired) electrons. The lowest BCUT2D eigenvalue weighted by atomic mass is 10.0. The van der Waals surface area contributed by atoms with E-state index in [-0.39, 0.29) is 11.6 Å². The Morgan fingerprint density at radius 3 is 2.74 bits per heavy atom. The Labute approximate surface area is 187 Å². The van der Waals surface area contributed by atoms with Crippen LogP contribution in [0.25, 0.3) is 0 Å². The average molecular weight is 435 g/mol. The Kier molecular flexibility index (Phi) is 7.36. The molecule has 0 amide bonds. The van der Waals surface area contributed by atoms with Crippen LogP contribution in [0.5, 0.6) is 11.5 Å². The maximum absolute atomic E-state index is 11.8. The quantitative estimate of drug-likeness (QED) is 0.184. The molecule has 6 heteroatoms. The van der Waals surface area contributed by atoms with Crippen molar-refractivity contribution in [3.8, 4) is 11.5 Å². The smallest absolute Gasteiger partial charge is 0.163 e. The van der Waals surface area contributed by atoms with Crippen LogP contribution in [-0.4, -0.2) is 24.8 Å². The van der Waals surface area contributed by atoms with Crippen LogP contribution in [0, 0.1) is 5.41 Å². The number of thioether (sulfide) groups is 1. The number of nitrogens with one attached hydrogen (secondary N) is 1. The molecule has 3 N–H and O–H groups in total. The Bertz CT molecular complexity index is 1090. The van der Waals surface area contributed by atoms with E-state index in [4.69, 9.17) is 20.6 Å². The summed E-state index contributed by atoms with van der Waals surface area (Å²) < 4.78 is 11.8. The van der Waals surface area contributed by atoms with Gasteiger partial charge in [-0.1, -0.05) is 48.7 Å². The standard InChI is InChI=1S/C25H26N2O3S/c1-4-17(14-18(5-2)31-23-9-7-6-8-21(23)25(26)27)15-30-22-11-10-19(16(3)28)24-20(22)12-13-29-24/h4-11,14H,2,12-13,15H2,1,3H3,(H3,26,27)/b17-4+,18-14+. The first kappa shape index (κ1) is 22.4. The van der Waals surface area contributed by atoms with Crippen molar-refractivity contribution in [1.29, 1.82) is 5.41 Å². The van der Waals surface area contributed by atoms with Gasteiger partial charge in [0.1, 0.15) is 23.9 Å². The first-order valence-electron chi connectivity index (χ1n) is 9.97. The van der Waals surface area contributed by atoms with Crippen molar-refractivity contribution in [2.45, 2.75) is 25.2 Å². The van der Waals surface area contributed by atoms with Crippen LogP contribution in [-0.2, 0) is 6.42 Å². The highest BCUT2D eigenvalue weighted by Crippen LogP contribution is 2.37. The van der Waals surface area contributed by atoms with Crippen LogP contribution in [0.3, 0.4) is 0 Å². The molecule has 0 unspecified atom stereocenters. The SMILES string of the molecule is C=C/C(=C\C(=C/C)COc1ccc(C(C)=O)c2c1CCO2)Sc1ccccc1C(=N)N. The molecule has 1 aliphatic heterocycles. The van der Waals surface area contributed by atoms with Crippen molar-refractivity contribution in [3.05, 3.63) is 88.4 Å². The molecule has 0 spiro atoms. The zero-order valence-corrected chi connectivity index (χ0v) is 18.6. The van der Waals surface area contributed by atoms with E-state index in [1.807, 2.05) is 49.4 Å². The number of allylic oxidation sites excluding steroid dienone is 2. The first-order chi connectivity index (χ1) is 14.9. The summed E-state index contributed by atoms with van der Waals surface area (Å²) >= 11 is 1.50. The van der Waals surface area contributed by atoms with Gasteiger partial charge in [0.25, 0.3) is 0 Å². The molecule has 3 rings (SSSR count). The van der Waals surface area contributed by atoms with Crippen LogP contribution in [0.2, 0.25) is 0 Å². The Balaban J connectivity index is 1.77. The fraction of sp³-hybridized carbons (Fsp3) is 0.200. The summed E-state index contributed by atoms with van der Waals surface area (Å²) in [5.41, 5.74) is 8.92. The van der Waals surface area contributed by atoms with Crippen LogP contribution in [0.15, 0.2) is 76.6 Å². The number of fused-ring (bicyclic) bond motifs is 1. The molecular formula is C25H26N2O3S. The van der Waals surface area contributed by atoms with E-state index in [9.17, 15) is 4.79 Å². The number of rotatable bonds is 9. The predicted molar refractivity (Wildman–Crippen MR) is 126 cm³/mol. The molecule has 0 saturated heterocycles. The molecule has 2 aromatic rings. The molecule has 0 saturated carbocycles. The number of benzene rings is 2. The van der Waals surface area contributed by atoms with Gasteiger partial charge in [0.2, 0.25) is 0 Å². The summed E-state index contributed by atoms with van der Waals surface area (Å²) in [4.78, 5) is 13.6. The number of ether oxygens (including phenoxy) is 2. The second-order valence-electron chi connectivity index (χ2n) is 6.99. The number of Topliss-reactive ketones (excluding diaryl/α,β-unsaturated/α-hetero) is 1. The number of nitrogens with two attached hydrogens (primary N) is 1. The Hall–Kier alpha value is -3.25. The van der Waals surface area contributed by atoms with Crippen LogP contribution in [0.1, 0.15) is 35.3 Å². The number of ketones is 1. The molecule has 0 aliphatic carbocycles. The van der Waals surface area contributed by atoms with Crippen molar-refractivity contribution in [2.24, 2.45) is 5.73 Å². The van der Waals surface area contributed by atoms with E-state index >= 15 is 0 Å².